The summed E-state index contributed by atoms with van der Waals surface area (Å²) in [5.41, 5.74) is 1.03. The lowest BCUT2D eigenvalue weighted by Gasteiger charge is -2.47. The normalized spacial score (nSPS) is 29.0. The van der Waals surface area contributed by atoms with E-state index in [9.17, 15) is 9.18 Å². The van der Waals surface area contributed by atoms with Gasteiger partial charge < -0.3 is 9.80 Å². The summed E-state index contributed by atoms with van der Waals surface area (Å²) < 4.78 is 13.9. The number of likely N-dealkylation sites (tertiary alicyclic amines) is 2. The maximum absolute atomic E-state index is 13.9. The average molecular weight is 374 g/mol. The van der Waals surface area contributed by atoms with Gasteiger partial charge in [-0.2, -0.15) is 0 Å². The highest BCUT2D eigenvalue weighted by molar-refractivity contribution is 5.73. The molecule has 0 saturated carbocycles. The highest BCUT2D eigenvalue weighted by atomic mass is 19.1. The Hall–Kier alpha value is -1.62. The molecule has 2 atom stereocenters. The zero-order valence-electron chi connectivity index (χ0n) is 16.8. The van der Waals surface area contributed by atoms with Gasteiger partial charge in [0, 0.05) is 49.4 Å². The number of halogens is 1. The predicted octanol–water partition coefficient (Wildman–Crippen LogP) is 3.66. The van der Waals surface area contributed by atoms with Gasteiger partial charge in [-0.3, -0.25) is 9.69 Å². The van der Waals surface area contributed by atoms with Gasteiger partial charge in [0.05, 0.1) is 0 Å². The Bertz CT molecular complexity index is 699. The third-order valence-electron chi connectivity index (χ3n) is 6.94. The largest absolute Gasteiger partial charge is 0.362 e. The second kappa shape index (κ2) is 7.08. The zero-order valence-corrected chi connectivity index (χ0v) is 16.8. The molecular weight excluding hydrogens is 341 g/mol. The summed E-state index contributed by atoms with van der Waals surface area (Å²) in [4.78, 5) is 18.8. The van der Waals surface area contributed by atoms with Crippen LogP contribution in [0, 0.1) is 5.82 Å². The van der Waals surface area contributed by atoms with Crippen LogP contribution >= 0.6 is 0 Å². The van der Waals surface area contributed by atoms with Crippen molar-refractivity contribution in [3.63, 3.8) is 0 Å². The van der Waals surface area contributed by atoms with Crippen LogP contribution in [-0.4, -0.2) is 59.0 Å². The predicted molar refractivity (Wildman–Crippen MR) is 106 cm³/mol. The van der Waals surface area contributed by atoms with Gasteiger partial charge in [-0.1, -0.05) is 6.07 Å². The van der Waals surface area contributed by atoms with E-state index >= 15 is 0 Å². The molecule has 3 heterocycles. The number of hydrogen-bond donors (Lipinski definition) is 0. The number of hydrogen-bond acceptors (Lipinski definition) is 3. The zero-order chi connectivity index (χ0) is 19.2. The van der Waals surface area contributed by atoms with Crippen molar-refractivity contribution in [2.45, 2.75) is 76.5 Å². The third kappa shape index (κ3) is 3.46. The molecule has 4 rings (SSSR count). The van der Waals surface area contributed by atoms with E-state index in [1.54, 1.807) is 13.0 Å². The molecule has 148 valence electrons. The molecule has 1 aromatic rings. The first-order chi connectivity index (χ1) is 12.9. The molecule has 0 unspecified atom stereocenters. The molecule has 4 nitrogen and oxygen atoms in total. The minimum Gasteiger partial charge on any atom is -0.362 e. The lowest BCUT2D eigenvalue weighted by Crippen LogP contribution is -2.56. The Morgan fingerprint density at radius 3 is 2.52 bits per heavy atom. The van der Waals surface area contributed by atoms with Crippen LogP contribution in [0.25, 0.3) is 0 Å². The number of piperidine rings is 2. The molecule has 3 aliphatic heterocycles. The van der Waals surface area contributed by atoms with Gasteiger partial charge in [-0.25, -0.2) is 4.39 Å². The molecule has 0 radical (unpaired) electrons. The molecule has 27 heavy (non-hydrogen) atoms. The Labute approximate surface area is 162 Å². The second-order valence-corrected chi connectivity index (χ2v) is 9.12. The van der Waals surface area contributed by atoms with Crippen LogP contribution in [0.15, 0.2) is 24.3 Å². The number of carbonyl (C=O) groups is 1. The van der Waals surface area contributed by atoms with E-state index in [-0.39, 0.29) is 17.3 Å². The molecule has 0 aromatic heterocycles. The van der Waals surface area contributed by atoms with E-state index in [0.29, 0.717) is 18.1 Å². The van der Waals surface area contributed by atoms with Crippen molar-refractivity contribution < 1.29 is 9.18 Å². The maximum atomic E-state index is 13.9. The van der Waals surface area contributed by atoms with Crippen molar-refractivity contribution >= 4 is 11.6 Å². The van der Waals surface area contributed by atoms with Gasteiger partial charge in [0.15, 0.2) is 0 Å². The maximum Gasteiger partial charge on any atom is 0.219 e. The van der Waals surface area contributed by atoms with Gasteiger partial charge in [0.2, 0.25) is 5.91 Å². The average Bonchev–Trinajstić information content (AvgIpc) is 2.91. The summed E-state index contributed by atoms with van der Waals surface area (Å²) in [6.45, 7) is 9.18. The minimum absolute atomic E-state index is 0.0196. The monoisotopic (exact) mass is 373 g/mol. The quantitative estimate of drug-likeness (QED) is 0.792. The molecule has 0 N–H and O–H groups in total. The summed E-state index contributed by atoms with van der Waals surface area (Å²) in [7, 11) is 0. The van der Waals surface area contributed by atoms with Gasteiger partial charge >= 0.3 is 0 Å². The Morgan fingerprint density at radius 1 is 1.11 bits per heavy atom. The number of rotatable bonds is 2. The van der Waals surface area contributed by atoms with Crippen LogP contribution in [0.2, 0.25) is 0 Å². The third-order valence-corrected chi connectivity index (χ3v) is 6.94. The van der Waals surface area contributed by atoms with Crippen LogP contribution in [0.1, 0.15) is 52.9 Å². The molecule has 1 amide bonds. The van der Waals surface area contributed by atoms with Crippen molar-refractivity contribution in [1.29, 1.82) is 0 Å². The molecule has 0 aliphatic carbocycles. The van der Waals surface area contributed by atoms with Gasteiger partial charge in [0.1, 0.15) is 5.82 Å². The Kier molecular flexibility index (Phi) is 4.91. The van der Waals surface area contributed by atoms with E-state index in [1.165, 1.54) is 18.9 Å². The van der Waals surface area contributed by atoms with Crippen LogP contribution in [-0.2, 0) is 4.79 Å². The summed E-state index contributed by atoms with van der Waals surface area (Å²) in [6, 6.07) is 8.63. The molecular formula is C22H32FN3O. The Morgan fingerprint density at radius 2 is 1.85 bits per heavy atom. The first-order valence-corrected chi connectivity index (χ1v) is 10.4. The van der Waals surface area contributed by atoms with Gasteiger partial charge in [-0.05, 0) is 70.7 Å². The molecule has 0 spiro atoms. The first-order valence-electron chi connectivity index (χ1n) is 10.4. The minimum atomic E-state index is -0.156. The van der Waals surface area contributed by atoms with Crippen LogP contribution in [0.4, 0.5) is 10.1 Å². The number of fused-ring (bicyclic) bond motifs is 1. The van der Waals surface area contributed by atoms with Gasteiger partial charge in [0.25, 0.3) is 0 Å². The number of benzene rings is 1. The summed E-state index contributed by atoms with van der Waals surface area (Å²) in [5, 5.41) is 0. The van der Waals surface area contributed by atoms with E-state index in [1.807, 2.05) is 11.0 Å². The van der Waals surface area contributed by atoms with Gasteiger partial charge in [-0.15, -0.1) is 0 Å². The van der Waals surface area contributed by atoms with Crippen molar-refractivity contribution in [2.24, 2.45) is 0 Å². The fourth-order valence-electron chi connectivity index (χ4n) is 5.81. The highest BCUT2D eigenvalue weighted by Crippen LogP contribution is 2.45. The molecule has 3 aliphatic rings. The summed E-state index contributed by atoms with van der Waals surface area (Å²) in [6.07, 6.45) is 5.62. The lowest BCUT2D eigenvalue weighted by atomic mass is 9.90. The van der Waals surface area contributed by atoms with Crippen molar-refractivity contribution in [1.82, 2.24) is 9.80 Å². The molecule has 0 bridgehead atoms. The van der Waals surface area contributed by atoms with Crippen LogP contribution in [0.3, 0.4) is 0 Å². The van der Waals surface area contributed by atoms with E-state index in [2.05, 4.69) is 29.7 Å². The second-order valence-electron chi connectivity index (χ2n) is 9.12. The van der Waals surface area contributed by atoms with Crippen molar-refractivity contribution in [3.8, 4) is 0 Å². The van der Waals surface area contributed by atoms with E-state index < -0.39 is 0 Å². The molecule has 3 saturated heterocycles. The van der Waals surface area contributed by atoms with Crippen LogP contribution < -0.4 is 4.90 Å². The highest BCUT2D eigenvalue weighted by Gasteiger charge is 2.50. The summed E-state index contributed by atoms with van der Waals surface area (Å²) >= 11 is 0. The molecule has 3 fully saturated rings. The lowest BCUT2D eigenvalue weighted by molar-refractivity contribution is -0.130. The standard InChI is InChI=1S/C22H32FN3O/c1-16(27)24-12-9-18(10-13-24)25-11-5-8-20-21(25)15-22(2,3)26(20)19-7-4-6-17(23)14-19/h4,6-7,14,18,20-21H,5,8-13,15H2,1-3H3/t20-,21-/m0/s1. The molecule has 5 heteroatoms. The first kappa shape index (κ1) is 18.7. The fourth-order valence-corrected chi connectivity index (χ4v) is 5.81. The number of amides is 1. The number of carbonyl (C=O) groups excluding carboxylic acids is 1. The van der Waals surface area contributed by atoms with Crippen molar-refractivity contribution in [2.75, 3.05) is 24.5 Å². The number of anilines is 1. The fraction of sp³-hybridized carbons (Fsp3) is 0.682. The van der Waals surface area contributed by atoms with Crippen molar-refractivity contribution in [3.05, 3.63) is 30.1 Å². The number of nitrogens with zero attached hydrogens (tertiary/aromatic N) is 3. The Balaban J connectivity index is 1.55. The summed E-state index contributed by atoms with van der Waals surface area (Å²) in [5.74, 6) is 0.0419. The van der Waals surface area contributed by atoms with E-state index in [0.717, 1.165) is 44.6 Å². The molecule has 1 aromatic carbocycles. The van der Waals surface area contributed by atoms with E-state index in [4.69, 9.17) is 0 Å². The van der Waals surface area contributed by atoms with Crippen LogP contribution in [0.5, 0.6) is 0 Å². The smallest absolute Gasteiger partial charge is 0.219 e. The topological polar surface area (TPSA) is 26.8 Å². The SMILES string of the molecule is CC(=O)N1CCC(N2CCC[C@H]3[C@@H]2CC(C)(C)N3c2cccc(F)c2)CC1.